The molecule has 2 amide bonds. The fraction of sp³-hybridized carbons (Fsp3) is 0.462. The van der Waals surface area contributed by atoms with E-state index in [-0.39, 0.29) is 11.8 Å². The van der Waals surface area contributed by atoms with Gasteiger partial charge >= 0.3 is 0 Å². The molecule has 32 heavy (non-hydrogen) atoms. The van der Waals surface area contributed by atoms with Crippen molar-refractivity contribution >= 4 is 17.5 Å². The second-order valence-corrected chi connectivity index (χ2v) is 8.90. The fourth-order valence-electron chi connectivity index (χ4n) is 4.54. The minimum absolute atomic E-state index is 0.127. The summed E-state index contributed by atoms with van der Waals surface area (Å²) in [5.41, 5.74) is 3.03. The van der Waals surface area contributed by atoms with Gasteiger partial charge in [-0.25, -0.2) is 0 Å². The first-order valence-electron chi connectivity index (χ1n) is 11.6. The van der Waals surface area contributed by atoms with Crippen LogP contribution in [0.4, 0.5) is 5.69 Å². The third-order valence-corrected chi connectivity index (χ3v) is 6.66. The van der Waals surface area contributed by atoms with E-state index in [2.05, 4.69) is 15.5 Å². The minimum atomic E-state index is -0.432. The van der Waals surface area contributed by atoms with Crippen molar-refractivity contribution in [2.45, 2.75) is 38.0 Å². The van der Waals surface area contributed by atoms with E-state index in [0.717, 1.165) is 75.3 Å². The van der Waals surface area contributed by atoms with Crippen molar-refractivity contribution in [3.63, 3.8) is 0 Å². The van der Waals surface area contributed by atoms with E-state index in [9.17, 15) is 9.59 Å². The van der Waals surface area contributed by atoms with Crippen molar-refractivity contribution in [2.75, 3.05) is 44.7 Å². The SMILES string of the molecule is Cc1cccc(C(=O)Nc2ccc(C3(C(=O)NCCCN4CCOCC4)CCC3)cc2)c1. The first-order chi connectivity index (χ1) is 15.6. The molecule has 0 bridgehead atoms. The van der Waals surface area contributed by atoms with Crippen LogP contribution in [0.25, 0.3) is 0 Å². The summed E-state index contributed by atoms with van der Waals surface area (Å²) in [6.45, 7) is 7.22. The van der Waals surface area contributed by atoms with Gasteiger partial charge in [0.2, 0.25) is 5.91 Å². The van der Waals surface area contributed by atoms with E-state index >= 15 is 0 Å². The molecule has 170 valence electrons. The molecule has 2 aromatic rings. The van der Waals surface area contributed by atoms with Gasteiger partial charge in [-0.15, -0.1) is 0 Å². The van der Waals surface area contributed by atoms with Crippen molar-refractivity contribution in [3.05, 3.63) is 65.2 Å². The number of hydrogen-bond donors (Lipinski definition) is 2. The molecule has 0 radical (unpaired) electrons. The van der Waals surface area contributed by atoms with Crippen molar-refractivity contribution < 1.29 is 14.3 Å². The van der Waals surface area contributed by atoms with Crippen LogP contribution in [0.1, 0.15) is 47.2 Å². The highest BCUT2D eigenvalue weighted by Gasteiger charge is 2.45. The lowest BCUT2D eigenvalue weighted by Crippen LogP contribution is -2.49. The summed E-state index contributed by atoms with van der Waals surface area (Å²) >= 11 is 0. The largest absolute Gasteiger partial charge is 0.379 e. The first kappa shape index (κ1) is 22.5. The molecule has 6 heteroatoms. The molecule has 2 aromatic carbocycles. The number of hydrogen-bond acceptors (Lipinski definition) is 4. The zero-order valence-corrected chi connectivity index (χ0v) is 18.9. The van der Waals surface area contributed by atoms with E-state index < -0.39 is 5.41 Å². The Labute approximate surface area is 190 Å². The Bertz CT molecular complexity index is 932. The Kier molecular flexibility index (Phi) is 7.22. The molecule has 2 N–H and O–H groups in total. The van der Waals surface area contributed by atoms with Crippen LogP contribution in [0.15, 0.2) is 48.5 Å². The average molecular weight is 436 g/mol. The Balaban J connectivity index is 1.31. The maximum atomic E-state index is 13.1. The van der Waals surface area contributed by atoms with Gasteiger partial charge in [-0.2, -0.15) is 0 Å². The van der Waals surface area contributed by atoms with Crippen molar-refractivity contribution in [1.29, 1.82) is 0 Å². The molecule has 1 aliphatic heterocycles. The molecule has 2 fully saturated rings. The number of nitrogens with zero attached hydrogens (tertiary/aromatic N) is 1. The van der Waals surface area contributed by atoms with Crippen molar-refractivity contribution in [3.8, 4) is 0 Å². The molecular weight excluding hydrogens is 402 g/mol. The van der Waals surface area contributed by atoms with Crippen LogP contribution in [0.3, 0.4) is 0 Å². The molecule has 0 atom stereocenters. The number of ether oxygens (including phenoxy) is 1. The van der Waals surface area contributed by atoms with Gasteiger partial charge in [-0.3, -0.25) is 14.5 Å². The Hall–Kier alpha value is -2.70. The second-order valence-electron chi connectivity index (χ2n) is 8.90. The van der Waals surface area contributed by atoms with Gasteiger partial charge in [-0.1, -0.05) is 36.2 Å². The lowest BCUT2D eigenvalue weighted by atomic mass is 9.63. The Morgan fingerprint density at radius 1 is 1.06 bits per heavy atom. The molecule has 0 unspecified atom stereocenters. The molecule has 2 aliphatic rings. The van der Waals surface area contributed by atoms with Gasteiger partial charge in [-0.05, 0) is 62.6 Å². The first-order valence-corrected chi connectivity index (χ1v) is 11.6. The summed E-state index contributed by atoms with van der Waals surface area (Å²) < 4.78 is 5.38. The lowest BCUT2D eigenvalue weighted by Gasteiger charge is -2.41. The van der Waals surface area contributed by atoms with E-state index in [4.69, 9.17) is 4.74 Å². The highest BCUT2D eigenvalue weighted by molar-refractivity contribution is 6.04. The molecule has 6 nitrogen and oxygen atoms in total. The molecular formula is C26H33N3O3. The number of morpholine rings is 1. The van der Waals surface area contributed by atoms with E-state index in [1.807, 2.05) is 55.5 Å². The highest BCUT2D eigenvalue weighted by atomic mass is 16.5. The van der Waals surface area contributed by atoms with Crippen LogP contribution in [-0.4, -0.2) is 56.1 Å². The molecule has 1 saturated heterocycles. The number of aryl methyl sites for hydroxylation is 1. The molecule has 0 aromatic heterocycles. The molecule has 0 spiro atoms. The monoisotopic (exact) mass is 435 g/mol. The van der Waals surface area contributed by atoms with Crippen molar-refractivity contribution in [1.82, 2.24) is 10.2 Å². The zero-order valence-electron chi connectivity index (χ0n) is 18.9. The standard InChI is InChI=1S/C26H33N3O3/c1-20-5-2-6-21(19-20)24(30)28-23-9-7-22(8-10-23)26(11-3-12-26)25(31)27-13-4-14-29-15-17-32-18-16-29/h2,5-10,19H,3-4,11-18H2,1H3,(H,27,31)(H,28,30). The number of amides is 2. The number of carbonyl (C=O) groups is 2. The predicted octanol–water partition coefficient (Wildman–Crippen LogP) is 3.51. The molecule has 1 aliphatic carbocycles. The number of anilines is 1. The topological polar surface area (TPSA) is 70.7 Å². The van der Waals surface area contributed by atoms with Gasteiger partial charge in [0.05, 0.1) is 18.6 Å². The van der Waals surface area contributed by atoms with Crippen LogP contribution in [-0.2, 0) is 14.9 Å². The van der Waals surface area contributed by atoms with E-state index in [1.54, 1.807) is 0 Å². The molecule has 1 heterocycles. The van der Waals surface area contributed by atoms with Gasteiger partial charge < -0.3 is 15.4 Å². The number of nitrogens with one attached hydrogen (secondary N) is 2. The van der Waals surface area contributed by atoms with Crippen LogP contribution in [0, 0.1) is 6.92 Å². The zero-order chi connectivity index (χ0) is 22.4. The van der Waals surface area contributed by atoms with Crippen LogP contribution in [0.5, 0.6) is 0 Å². The van der Waals surface area contributed by atoms with Gasteiger partial charge in [0.25, 0.3) is 5.91 Å². The van der Waals surface area contributed by atoms with E-state index in [1.165, 1.54) is 0 Å². The van der Waals surface area contributed by atoms with Crippen molar-refractivity contribution in [2.24, 2.45) is 0 Å². The number of rotatable bonds is 8. The normalized spacial score (nSPS) is 17.9. The Morgan fingerprint density at radius 2 is 1.81 bits per heavy atom. The van der Waals surface area contributed by atoms with Crippen LogP contribution < -0.4 is 10.6 Å². The molecule has 4 rings (SSSR count). The maximum absolute atomic E-state index is 13.1. The highest BCUT2D eigenvalue weighted by Crippen LogP contribution is 2.44. The summed E-state index contributed by atoms with van der Waals surface area (Å²) in [4.78, 5) is 28.0. The fourth-order valence-corrected chi connectivity index (χ4v) is 4.54. The summed E-state index contributed by atoms with van der Waals surface area (Å²) in [6.07, 6.45) is 3.76. The van der Waals surface area contributed by atoms with E-state index in [0.29, 0.717) is 12.1 Å². The lowest BCUT2D eigenvalue weighted by molar-refractivity contribution is -0.129. The minimum Gasteiger partial charge on any atom is -0.379 e. The third kappa shape index (κ3) is 5.19. The average Bonchev–Trinajstić information content (AvgIpc) is 2.78. The summed E-state index contributed by atoms with van der Waals surface area (Å²) in [5, 5.41) is 6.12. The second kappa shape index (κ2) is 10.3. The predicted molar refractivity (Wildman–Crippen MR) is 126 cm³/mol. The Morgan fingerprint density at radius 3 is 2.47 bits per heavy atom. The third-order valence-electron chi connectivity index (χ3n) is 6.66. The van der Waals surface area contributed by atoms with Crippen LogP contribution in [0.2, 0.25) is 0 Å². The van der Waals surface area contributed by atoms with Gasteiger partial charge in [0, 0.05) is 30.9 Å². The molecule has 1 saturated carbocycles. The number of carbonyl (C=O) groups excluding carboxylic acids is 2. The van der Waals surface area contributed by atoms with Crippen LogP contribution >= 0.6 is 0 Å². The summed E-state index contributed by atoms with van der Waals surface area (Å²) in [6, 6.07) is 15.3. The smallest absolute Gasteiger partial charge is 0.255 e. The summed E-state index contributed by atoms with van der Waals surface area (Å²) in [5.74, 6) is 0.0000855. The quantitative estimate of drug-likeness (QED) is 0.623. The van der Waals surface area contributed by atoms with Gasteiger partial charge in [0.1, 0.15) is 0 Å². The summed E-state index contributed by atoms with van der Waals surface area (Å²) in [7, 11) is 0. The van der Waals surface area contributed by atoms with Gasteiger partial charge in [0.15, 0.2) is 0 Å². The number of benzene rings is 2. The maximum Gasteiger partial charge on any atom is 0.255 e.